The number of hydrogen-bond acceptors (Lipinski definition) is 3. The third-order valence-electron chi connectivity index (χ3n) is 1.21. The summed E-state index contributed by atoms with van der Waals surface area (Å²) < 4.78 is 2.45. The van der Waals surface area contributed by atoms with Crippen LogP contribution in [0.15, 0.2) is 4.73 Å². The standard InChI is InChI=1S/C5H9BrN4/c1-2-3-4-10-5(6)7-8-9-10/h2-4H2,1H3. The van der Waals surface area contributed by atoms with Gasteiger partial charge in [-0.15, -0.1) is 5.10 Å². The molecular formula is C5H9BrN4. The first kappa shape index (κ1) is 7.65. The smallest absolute Gasteiger partial charge is 0.218 e. The molecule has 0 saturated carbocycles. The highest BCUT2D eigenvalue weighted by atomic mass is 79.9. The van der Waals surface area contributed by atoms with Crippen molar-refractivity contribution in [2.24, 2.45) is 0 Å². The Morgan fingerprint density at radius 3 is 2.90 bits per heavy atom. The summed E-state index contributed by atoms with van der Waals surface area (Å²) >= 11 is 3.22. The Hall–Kier alpha value is -0.450. The summed E-state index contributed by atoms with van der Waals surface area (Å²) in [6.07, 6.45) is 2.27. The Morgan fingerprint density at radius 2 is 2.40 bits per heavy atom. The van der Waals surface area contributed by atoms with Crippen molar-refractivity contribution in [2.45, 2.75) is 26.3 Å². The third kappa shape index (κ3) is 1.76. The molecule has 5 heteroatoms. The summed E-state index contributed by atoms with van der Waals surface area (Å²) in [5.41, 5.74) is 0. The Kier molecular flexibility index (Phi) is 2.80. The van der Waals surface area contributed by atoms with Gasteiger partial charge in [-0.1, -0.05) is 13.3 Å². The van der Waals surface area contributed by atoms with Gasteiger partial charge in [-0.2, -0.15) is 0 Å². The second kappa shape index (κ2) is 3.65. The van der Waals surface area contributed by atoms with Gasteiger partial charge >= 0.3 is 0 Å². The van der Waals surface area contributed by atoms with Crippen LogP contribution in [0.3, 0.4) is 0 Å². The van der Waals surface area contributed by atoms with E-state index in [1.165, 1.54) is 0 Å². The molecule has 0 saturated heterocycles. The zero-order valence-corrected chi connectivity index (χ0v) is 7.37. The predicted molar refractivity (Wildman–Crippen MR) is 40.4 cm³/mol. The van der Waals surface area contributed by atoms with Crippen LogP contribution in [0.4, 0.5) is 0 Å². The second-order valence-corrected chi connectivity index (χ2v) is 2.73. The maximum atomic E-state index is 3.76. The van der Waals surface area contributed by atoms with Gasteiger partial charge in [-0.3, -0.25) is 0 Å². The number of halogens is 1. The molecule has 56 valence electrons. The van der Waals surface area contributed by atoms with Crippen LogP contribution in [-0.4, -0.2) is 20.2 Å². The summed E-state index contributed by atoms with van der Waals surface area (Å²) in [6, 6.07) is 0. The topological polar surface area (TPSA) is 43.6 Å². The fourth-order valence-corrected chi connectivity index (χ4v) is 0.958. The van der Waals surface area contributed by atoms with E-state index in [1.54, 1.807) is 4.68 Å². The van der Waals surface area contributed by atoms with E-state index in [1.807, 2.05) is 0 Å². The first-order valence-corrected chi connectivity index (χ1v) is 4.05. The molecule has 0 fully saturated rings. The summed E-state index contributed by atoms with van der Waals surface area (Å²) in [5, 5.41) is 10.9. The van der Waals surface area contributed by atoms with Crippen molar-refractivity contribution >= 4 is 15.9 Å². The number of hydrogen-bond donors (Lipinski definition) is 0. The number of aryl methyl sites for hydroxylation is 1. The molecule has 1 aromatic heterocycles. The minimum Gasteiger partial charge on any atom is -0.220 e. The molecule has 10 heavy (non-hydrogen) atoms. The van der Waals surface area contributed by atoms with Crippen LogP contribution in [0.2, 0.25) is 0 Å². The quantitative estimate of drug-likeness (QED) is 0.745. The molecule has 1 rings (SSSR count). The van der Waals surface area contributed by atoms with Crippen molar-refractivity contribution in [3.8, 4) is 0 Å². The number of tetrazole rings is 1. The lowest BCUT2D eigenvalue weighted by atomic mass is 10.3. The highest BCUT2D eigenvalue weighted by molar-refractivity contribution is 9.10. The highest BCUT2D eigenvalue weighted by Gasteiger charge is 1.98. The lowest BCUT2D eigenvalue weighted by Crippen LogP contribution is -1.99. The zero-order chi connectivity index (χ0) is 7.40. The molecule has 0 atom stereocenters. The Labute approximate surface area is 67.7 Å². The minimum absolute atomic E-state index is 0.709. The summed E-state index contributed by atoms with van der Waals surface area (Å²) in [6.45, 7) is 3.03. The zero-order valence-electron chi connectivity index (χ0n) is 5.79. The Bertz CT molecular complexity index is 197. The van der Waals surface area contributed by atoms with Gasteiger partial charge in [0.05, 0.1) is 0 Å². The van der Waals surface area contributed by atoms with E-state index in [-0.39, 0.29) is 0 Å². The maximum Gasteiger partial charge on any atom is 0.218 e. The summed E-state index contributed by atoms with van der Waals surface area (Å²) in [4.78, 5) is 0. The average molecular weight is 205 g/mol. The number of unbranched alkanes of at least 4 members (excludes halogenated alkanes) is 1. The molecule has 0 aliphatic rings. The van der Waals surface area contributed by atoms with Crippen LogP contribution in [0.5, 0.6) is 0 Å². The van der Waals surface area contributed by atoms with Crippen molar-refractivity contribution in [3.05, 3.63) is 4.73 Å². The van der Waals surface area contributed by atoms with E-state index >= 15 is 0 Å². The number of nitrogens with zero attached hydrogens (tertiary/aromatic N) is 4. The molecule has 4 nitrogen and oxygen atoms in total. The van der Waals surface area contributed by atoms with Gasteiger partial charge in [-0.05, 0) is 32.8 Å². The Morgan fingerprint density at radius 1 is 1.60 bits per heavy atom. The molecule has 0 unspecified atom stereocenters. The van der Waals surface area contributed by atoms with E-state index in [0.29, 0.717) is 4.73 Å². The van der Waals surface area contributed by atoms with Gasteiger partial charge in [0.25, 0.3) is 0 Å². The summed E-state index contributed by atoms with van der Waals surface area (Å²) in [7, 11) is 0. The lowest BCUT2D eigenvalue weighted by Gasteiger charge is -1.95. The van der Waals surface area contributed by atoms with Crippen molar-refractivity contribution in [1.29, 1.82) is 0 Å². The van der Waals surface area contributed by atoms with Crippen molar-refractivity contribution in [2.75, 3.05) is 0 Å². The van der Waals surface area contributed by atoms with E-state index in [9.17, 15) is 0 Å². The lowest BCUT2D eigenvalue weighted by molar-refractivity contribution is 0.544. The van der Waals surface area contributed by atoms with Crippen molar-refractivity contribution < 1.29 is 0 Å². The van der Waals surface area contributed by atoms with Crippen LogP contribution in [0.1, 0.15) is 19.8 Å². The van der Waals surface area contributed by atoms with Gasteiger partial charge in [0, 0.05) is 6.54 Å². The first-order chi connectivity index (χ1) is 4.84. The second-order valence-electron chi connectivity index (χ2n) is 2.02. The minimum atomic E-state index is 0.709. The number of rotatable bonds is 3. The molecule has 0 aliphatic carbocycles. The summed E-state index contributed by atoms with van der Waals surface area (Å²) in [5.74, 6) is 0. The van der Waals surface area contributed by atoms with Crippen LogP contribution in [0, 0.1) is 0 Å². The number of aromatic nitrogens is 4. The first-order valence-electron chi connectivity index (χ1n) is 3.26. The van der Waals surface area contributed by atoms with Crippen LogP contribution in [-0.2, 0) is 6.54 Å². The van der Waals surface area contributed by atoms with Crippen molar-refractivity contribution in [3.63, 3.8) is 0 Å². The molecule has 0 N–H and O–H groups in total. The van der Waals surface area contributed by atoms with E-state index in [0.717, 1.165) is 19.4 Å². The molecule has 1 heterocycles. The molecule has 0 bridgehead atoms. The molecule has 0 amide bonds. The third-order valence-corrected chi connectivity index (χ3v) is 1.78. The van der Waals surface area contributed by atoms with Gasteiger partial charge in [0.2, 0.25) is 4.73 Å². The predicted octanol–water partition coefficient (Wildman–Crippen LogP) is 1.24. The van der Waals surface area contributed by atoms with Gasteiger partial charge in [-0.25, -0.2) is 4.68 Å². The highest BCUT2D eigenvalue weighted by Crippen LogP contribution is 2.02. The van der Waals surface area contributed by atoms with Gasteiger partial charge in [0.15, 0.2) is 0 Å². The van der Waals surface area contributed by atoms with Gasteiger partial charge < -0.3 is 0 Å². The van der Waals surface area contributed by atoms with Crippen LogP contribution < -0.4 is 0 Å². The fraction of sp³-hybridized carbons (Fsp3) is 0.800. The van der Waals surface area contributed by atoms with E-state index in [4.69, 9.17) is 0 Å². The SMILES string of the molecule is CCCCn1nnnc1Br. The Balaban J connectivity index is 2.49. The fourth-order valence-electron chi connectivity index (χ4n) is 0.639. The van der Waals surface area contributed by atoms with Gasteiger partial charge in [0.1, 0.15) is 0 Å². The average Bonchev–Trinajstić information content (AvgIpc) is 2.31. The molecular weight excluding hydrogens is 196 g/mol. The largest absolute Gasteiger partial charge is 0.220 e. The molecule has 0 radical (unpaired) electrons. The molecule has 0 spiro atoms. The van der Waals surface area contributed by atoms with Crippen molar-refractivity contribution in [1.82, 2.24) is 20.2 Å². The molecule has 1 aromatic rings. The molecule has 0 aliphatic heterocycles. The molecule has 0 aromatic carbocycles. The van der Waals surface area contributed by atoms with Crippen LogP contribution in [0.25, 0.3) is 0 Å². The monoisotopic (exact) mass is 204 g/mol. The van der Waals surface area contributed by atoms with E-state index < -0.39 is 0 Å². The van der Waals surface area contributed by atoms with E-state index in [2.05, 4.69) is 38.4 Å². The van der Waals surface area contributed by atoms with Crippen LogP contribution >= 0.6 is 15.9 Å². The maximum absolute atomic E-state index is 3.76. The normalized spacial score (nSPS) is 10.2.